The van der Waals surface area contributed by atoms with Crippen LogP contribution in [0.25, 0.3) is 11.8 Å². The molecule has 0 radical (unpaired) electrons. The number of imide groups is 2. The number of hydrogen-bond donors (Lipinski definition) is 1. The summed E-state index contributed by atoms with van der Waals surface area (Å²) in [6, 6.07) is 15.7. The number of halogens is 1. The number of hydrogen-bond acceptors (Lipinski definition) is 3. The standard InChI is InChI=1S/C25H22ClN3O3/c1-4-17-5-9-21(10-6-17)29-24(31)22(23(30)27-25(29)32)14-18-13-15(2)28(16(18)3)20-11-7-19(26)8-12-20/h5-14H,4H2,1-3H3,(H,27,30,32)/b22-14+. The normalized spacial score (nSPS) is 15.4. The molecule has 1 fully saturated rings. The number of nitrogens with zero attached hydrogens (tertiary/aromatic N) is 2. The predicted octanol–water partition coefficient (Wildman–Crippen LogP) is 4.98. The highest BCUT2D eigenvalue weighted by Gasteiger charge is 2.37. The van der Waals surface area contributed by atoms with E-state index in [1.54, 1.807) is 24.3 Å². The highest BCUT2D eigenvalue weighted by atomic mass is 35.5. The summed E-state index contributed by atoms with van der Waals surface area (Å²) in [5.41, 5.74) is 4.82. The SMILES string of the molecule is CCc1ccc(N2C(=O)NC(=O)/C(=C\c3cc(C)n(-c4ccc(Cl)cc4)c3C)C2=O)cc1. The molecular formula is C25H22ClN3O3. The zero-order chi connectivity index (χ0) is 23.0. The number of urea groups is 1. The molecule has 1 aromatic heterocycles. The van der Waals surface area contributed by atoms with Gasteiger partial charge >= 0.3 is 6.03 Å². The number of aromatic nitrogens is 1. The summed E-state index contributed by atoms with van der Waals surface area (Å²) < 4.78 is 2.01. The summed E-state index contributed by atoms with van der Waals surface area (Å²) in [4.78, 5) is 39.1. The molecule has 4 rings (SSSR count). The van der Waals surface area contributed by atoms with Crippen molar-refractivity contribution in [2.75, 3.05) is 4.90 Å². The van der Waals surface area contributed by atoms with Gasteiger partial charge in [-0.1, -0.05) is 30.7 Å². The lowest BCUT2D eigenvalue weighted by molar-refractivity contribution is -0.122. The maximum absolute atomic E-state index is 13.2. The lowest BCUT2D eigenvalue weighted by Gasteiger charge is -2.26. The van der Waals surface area contributed by atoms with Crippen LogP contribution in [0.4, 0.5) is 10.5 Å². The summed E-state index contributed by atoms with van der Waals surface area (Å²) in [7, 11) is 0. The molecule has 32 heavy (non-hydrogen) atoms. The first-order chi connectivity index (χ1) is 15.3. The van der Waals surface area contributed by atoms with Crippen molar-refractivity contribution in [1.29, 1.82) is 0 Å². The number of carbonyl (C=O) groups is 3. The van der Waals surface area contributed by atoms with Crippen molar-refractivity contribution in [3.8, 4) is 5.69 Å². The molecule has 0 aliphatic carbocycles. The van der Waals surface area contributed by atoms with E-state index >= 15 is 0 Å². The first-order valence-electron chi connectivity index (χ1n) is 10.3. The number of rotatable bonds is 4. The van der Waals surface area contributed by atoms with Crippen molar-refractivity contribution >= 4 is 41.2 Å². The quantitative estimate of drug-likeness (QED) is 0.453. The second-order valence-electron chi connectivity index (χ2n) is 7.62. The van der Waals surface area contributed by atoms with E-state index in [9.17, 15) is 14.4 Å². The highest BCUT2D eigenvalue weighted by Crippen LogP contribution is 2.26. The highest BCUT2D eigenvalue weighted by molar-refractivity contribution is 6.39. The van der Waals surface area contributed by atoms with Gasteiger partial charge in [-0.05, 0) is 79.9 Å². The van der Waals surface area contributed by atoms with Gasteiger partial charge in [0, 0.05) is 22.1 Å². The Labute approximate surface area is 191 Å². The second kappa shape index (κ2) is 8.48. The molecule has 162 valence electrons. The van der Waals surface area contributed by atoms with Gasteiger partial charge in [0.1, 0.15) is 5.57 Å². The molecule has 3 aromatic rings. The maximum atomic E-state index is 13.2. The number of carbonyl (C=O) groups excluding carboxylic acids is 3. The molecule has 7 heteroatoms. The predicted molar refractivity (Wildman–Crippen MR) is 125 cm³/mol. The second-order valence-corrected chi connectivity index (χ2v) is 8.05. The molecule has 0 bridgehead atoms. The monoisotopic (exact) mass is 447 g/mol. The molecule has 0 saturated carbocycles. The minimum Gasteiger partial charge on any atom is -0.318 e. The van der Waals surface area contributed by atoms with Crippen LogP contribution < -0.4 is 10.2 Å². The van der Waals surface area contributed by atoms with Gasteiger partial charge in [-0.25, -0.2) is 9.69 Å². The molecule has 2 heterocycles. The van der Waals surface area contributed by atoms with Gasteiger partial charge in [-0.15, -0.1) is 0 Å². The van der Waals surface area contributed by atoms with Gasteiger partial charge in [0.15, 0.2) is 0 Å². The van der Waals surface area contributed by atoms with Gasteiger partial charge in [0.05, 0.1) is 5.69 Å². The Balaban J connectivity index is 1.73. The van der Waals surface area contributed by atoms with Crippen molar-refractivity contribution in [2.24, 2.45) is 0 Å². The molecule has 1 aliphatic heterocycles. The molecule has 0 atom stereocenters. The largest absolute Gasteiger partial charge is 0.335 e. The van der Waals surface area contributed by atoms with Crippen LogP contribution >= 0.6 is 11.6 Å². The smallest absolute Gasteiger partial charge is 0.318 e. The van der Waals surface area contributed by atoms with Crippen LogP contribution in [0, 0.1) is 13.8 Å². The minimum atomic E-state index is -0.756. The van der Waals surface area contributed by atoms with E-state index in [1.165, 1.54) is 6.08 Å². The van der Waals surface area contributed by atoms with E-state index in [-0.39, 0.29) is 5.57 Å². The number of barbiturate groups is 1. The fourth-order valence-electron chi connectivity index (χ4n) is 3.85. The van der Waals surface area contributed by atoms with Crippen LogP contribution in [0.15, 0.2) is 60.2 Å². The van der Waals surface area contributed by atoms with Crippen LogP contribution in [0.3, 0.4) is 0 Å². The van der Waals surface area contributed by atoms with E-state index in [2.05, 4.69) is 5.32 Å². The molecule has 1 aliphatic rings. The van der Waals surface area contributed by atoms with Gasteiger partial charge in [0.25, 0.3) is 11.8 Å². The zero-order valence-electron chi connectivity index (χ0n) is 18.0. The van der Waals surface area contributed by atoms with Crippen molar-refractivity contribution in [3.05, 3.63) is 87.7 Å². The van der Waals surface area contributed by atoms with E-state index in [0.29, 0.717) is 16.3 Å². The van der Waals surface area contributed by atoms with E-state index in [4.69, 9.17) is 11.6 Å². The summed E-state index contributed by atoms with van der Waals surface area (Å²) in [5, 5.41) is 2.91. The van der Waals surface area contributed by atoms with E-state index in [1.807, 2.05) is 55.7 Å². The molecule has 0 spiro atoms. The van der Waals surface area contributed by atoms with Crippen LogP contribution in [-0.4, -0.2) is 22.4 Å². The number of aryl methyl sites for hydroxylation is 2. The third-order valence-corrected chi connectivity index (χ3v) is 5.81. The Morgan fingerprint density at radius 2 is 1.56 bits per heavy atom. The van der Waals surface area contributed by atoms with E-state index in [0.717, 1.165) is 34.0 Å². The Morgan fingerprint density at radius 3 is 2.19 bits per heavy atom. The van der Waals surface area contributed by atoms with Crippen LogP contribution in [0.5, 0.6) is 0 Å². The average molecular weight is 448 g/mol. The molecule has 1 N–H and O–H groups in total. The maximum Gasteiger partial charge on any atom is 0.335 e. The third kappa shape index (κ3) is 3.85. The Morgan fingerprint density at radius 1 is 0.938 bits per heavy atom. The summed E-state index contributed by atoms with van der Waals surface area (Å²) in [6.45, 7) is 5.87. The number of anilines is 1. The lowest BCUT2D eigenvalue weighted by Crippen LogP contribution is -2.54. The topological polar surface area (TPSA) is 71.4 Å². The zero-order valence-corrected chi connectivity index (χ0v) is 18.7. The summed E-state index contributed by atoms with van der Waals surface area (Å²) >= 11 is 6.00. The molecule has 6 nitrogen and oxygen atoms in total. The van der Waals surface area contributed by atoms with Crippen molar-refractivity contribution in [1.82, 2.24) is 9.88 Å². The van der Waals surface area contributed by atoms with Crippen LogP contribution in [-0.2, 0) is 16.0 Å². The molecule has 0 unspecified atom stereocenters. The van der Waals surface area contributed by atoms with Gasteiger partial charge < -0.3 is 4.57 Å². The Kier molecular flexibility index (Phi) is 5.72. The third-order valence-electron chi connectivity index (χ3n) is 5.56. The molecule has 1 saturated heterocycles. The fourth-order valence-corrected chi connectivity index (χ4v) is 3.98. The van der Waals surface area contributed by atoms with Gasteiger partial charge in [-0.3, -0.25) is 14.9 Å². The molecular weight excluding hydrogens is 426 g/mol. The van der Waals surface area contributed by atoms with Crippen LogP contribution in [0.1, 0.15) is 29.4 Å². The van der Waals surface area contributed by atoms with Crippen molar-refractivity contribution in [3.63, 3.8) is 0 Å². The molecule has 4 amide bonds. The minimum absolute atomic E-state index is 0.0967. The van der Waals surface area contributed by atoms with Gasteiger partial charge in [0.2, 0.25) is 0 Å². The van der Waals surface area contributed by atoms with E-state index < -0.39 is 17.8 Å². The average Bonchev–Trinajstić information content (AvgIpc) is 3.05. The number of amides is 4. The van der Waals surface area contributed by atoms with Gasteiger partial charge in [-0.2, -0.15) is 0 Å². The first kappa shape index (κ1) is 21.6. The summed E-state index contributed by atoms with van der Waals surface area (Å²) in [5.74, 6) is -1.36. The molecule has 2 aromatic carbocycles. The van der Waals surface area contributed by atoms with Crippen molar-refractivity contribution < 1.29 is 14.4 Å². The number of benzene rings is 2. The Hall–Kier alpha value is -3.64. The lowest BCUT2D eigenvalue weighted by atomic mass is 10.1. The number of nitrogens with one attached hydrogen (secondary N) is 1. The van der Waals surface area contributed by atoms with Crippen molar-refractivity contribution in [2.45, 2.75) is 27.2 Å². The fraction of sp³-hybridized carbons (Fsp3) is 0.160. The van der Waals surface area contributed by atoms with Crippen LogP contribution in [0.2, 0.25) is 5.02 Å². The summed E-state index contributed by atoms with van der Waals surface area (Å²) in [6.07, 6.45) is 2.37. The first-order valence-corrected chi connectivity index (χ1v) is 10.6. The Bertz CT molecular complexity index is 1250.